The first-order chi connectivity index (χ1) is 5.49. The molecule has 4 heteroatoms. The summed E-state index contributed by atoms with van der Waals surface area (Å²) in [4.78, 5) is 26.6. The molecule has 0 aromatic carbocycles. The molecule has 0 spiro atoms. The van der Waals surface area contributed by atoms with Gasteiger partial charge in [0.05, 0.1) is 0 Å². The Bertz CT molecular complexity index is 111. The normalized spacial score (nSPS) is 16.1. The predicted molar refractivity (Wildman–Crippen MR) is 53.1 cm³/mol. The van der Waals surface area contributed by atoms with Crippen LogP contribution in [0.4, 0.5) is 0 Å². The van der Waals surface area contributed by atoms with E-state index in [1.165, 1.54) is 0 Å². The van der Waals surface area contributed by atoms with Crippen LogP contribution >= 0.6 is 7.94 Å². The van der Waals surface area contributed by atoms with E-state index in [2.05, 4.69) is 6.92 Å². The molecule has 0 rings (SSSR count). The van der Waals surface area contributed by atoms with Crippen molar-refractivity contribution in [3.8, 4) is 0 Å². The van der Waals surface area contributed by atoms with Gasteiger partial charge in [-0.05, 0) is 0 Å². The molecule has 12 heavy (non-hydrogen) atoms. The zero-order valence-corrected chi connectivity index (χ0v) is 8.95. The van der Waals surface area contributed by atoms with Gasteiger partial charge in [-0.3, -0.25) is 0 Å². The van der Waals surface area contributed by atoms with Crippen LogP contribution in [0.2, 0.25) is 0 Å². The fourth-order valence-electron chi connectivity index (χ4n) is 1.33. The maximum absolute atomic E-state index is 8.87. The second-order valence-electron chi connectivity index (χ2n) is 3.39. The van der Waals surface area contributed by atoms with E-state index in [4.69, 9.17) is 14.7 Å². The van der Waals surface area contributed by atoms with E-state index in [0.29, 0.717) is 0 Å². The molecule has 0 aliphatic rings. The molecule has 0 heterocycles. The molecule has 0 saturated heterocycles. The summed E-state index contributed by atoms with van der Waals surface area (Å²) in [5.74, 6) is 0.275. The molecule has 0 radical (unpaired) electrons. The Morgan fingerprint density at radius 3 is 2.08 bits per heavy atom. The Kier molecular flexibility index (Phi) is 6.02. The molecule has 0 fully saturated rings. The van der Waals surface area contributed by atoms with Crippen LogP contribution in [0.5, 0.6) is 0 Å². The van der Waals surface area contributed by atoms with Crippen LogP contribution in [0.3, 0.4) is 0 Å². The van der Waals surface area contributed by atoms with E-state index in [-0.39, 0.29) is 12.1 Å². The van der Waals surface area contributed by atoms with E-state index >= 15 is 0 Å². The number of hydrogen-bond acceptors (Lipinski definition) is 3. The summed E-state index contributed by atoms with van der Waals surface area (Å²) in [6.07, 6.45) is 4.32. The van der Waals surface area contributed by atoms with Crippen LogP contribution in [-0.2, 0) is 0 Å². The Morgan fingerprint density at radius 2 is 1.75 bits per heavy atom. The maximum atomic E-state index is 8.87. The van der Waals surface area contributed by atoms with Crippen molar-refractivity contribution in [3.05, 3.63) is 0 Å². The summed E-state index contributed by atoms with van der Waals surface area (Å²) in [7, 11) is -3.79. The van der Waals surface area contributed by atoms with Crippen molar-refractivity contribution in [2.24, 2.45) is 5.92 Å². The van der Waals surface area contributed by atoms with E-state index in [0.717, 1.165) is 25.7 Å². The van der Waals surface area contributed by atoms with Crippen molar-refractivity contribution >= 4 is 7.94 Å². The van der Waals surface area contributed by atoms with E-state index in [1.807, 2.05) is 6.92 Å². The molecule has 1 atom stereocenters. The molecule has 76 valence electrons. The second kappa shape index (κ2) is 5.87. The third-order valence-corrected chi connectivity index (χ3v) is 3.23. The molecule has 0 bridgehead atoms. The van der Waals surface area contributed by atoms with Crippen molar-refractivity contribution in [1.82, 2.24) is 0 Å². The van der Waals surface area contributed by atoms with Crippen LogP contribution in [-0.4, -0.2) is 20.8 Å². The quantitative estimate of drug-likeness (QED) is 0.566. The van der Waals surface area contributed by atoms with Crippen molar-refractivity contribution in [1.29, 1.82) is 0 Å². The predicted octanol–water partition coefficient (Wildman–Crippen LogP) is 1.67. The van der Waals surface area contributed by atoms with Gasteiger partial charge in [-0.15, -0.1) is 0 Å². The van der Waals surface area contributed by atoms with Gasteiger partial charge in [-0.2, -0.15) is 0 Å². The first kappa shape index (κ1) is 12.3. The minimum atomic E-state index is -3.79. The summed E-state index contributed by atoms with van der Waals surface area (Å²) in [6, 6.07) is 0. The second-order valence-corrected chi connectivity index (χ2v) is 5.35. The number of hydrogen-bond donors (Lipinski definition) is 3. The van der Waals surface area contributed by atoms with Gasteiger partial charge in [0.1, 0.15) is 0 Å². The zero-order chi connectivity index (χ0) is 9.61. The van der Waals surface area contributed by atoms with Crippen LogP contribution in [0, 0.1) is 5.92 Å². The first-order valence-electron chi connectivity index (χ1n) is 4.66. The summed E-state index contributed by atoms with van der Waals surface area (Å²) < 4.78 is 0. The Balaban J connectivity index is 3.67. The monoisotopic (exact) mass is 196 g/mol. The first-order valence-corrected chi connectivity index (χ1v) is 6.71. The van der Waals surface area contributed by atoms with Gasteiger partial charge < -0.3 is 0 Å². The van der Waals surface area contributed by atoms with Crippen LogP contribution < -0.4 is 0 Å². The average molecular weight is 196 g/mol. The summed E-state index contributed by atoms with van der Waals surface area (Å²) in [5, 5.41) is 0. The van der Waals surface area contributed by atoms with E-state index in [1.54, 1.807) is 0 Å². The van der Waals surface area contributed by atoms with Crippen LogP contribution in [0.25, 0.3) is 0 Å². The molecule has 0 amide bonds. The zero-order valence-electron chi connectivity index (χ0n) is 7.95. The molecular weight excluding hydrogens is 175 g/mol. The Hall–Kier alpha value is 0.310. The fourth-order valence-corrected chi connectivity index (χ4v) is 2.60. The van der Waals surface area contributed by atoms with Crippen LogP contribution in [0.1, 0.15) is 39.5 Å². The molecular formula is C8H21O3P. The molecule has 0 saturated carbocycles. The van der Waals surface area contributed by atoms with E-state index in [9.17, 15) is 0 Å². The Labute approximate surface area is 75.0 Å². The SMILES string of the molecule is CCCCC(CC)C[PH](O)(O)O. The molecule has 0 aliphatic carbocycles. The summed E-state index contributed by atoms with van der Waals surface area (Å²) in [6.45, 7) is 4.12. The molecule has 0 aliphatic heterocycles. The number of rotatable bonds is 6. The van der Waals surface area contributed by atoms with Crippen molar-refractivity contribution in [3.63, 3.8) is 0 Å². The number of unbranched alkanes of at least 4 members (excludes halogenated alkanes) is 1. The van der Waals surface area contributed by atoms with E-state index < -0.39 is 7.94 Å². The van der Waals surface area contributed by atoms with Gasteiger partial charge in [0.2, 0.25) is 0 Å². The fraction of sp³-hybridized carbons (Fsp3) is 1.00. The van der Waals surface area contributed by atoms with Crippen molar-refractivity contribution in [2.75, 3.05) is 6.16 Å². The molecule has 3 nitrogen and oxygen atoms in total. The molecule has 1 unspecified atom stereocenters. The van der Waals surface area contributed by atoms with Gasteiger partial charge >= 0.3 is 74.2 Å². The average Bonchev–Trinajstić information content (AvgIpc) is 1.95. The van der Waals surface area contributed by atoms with Crippen molar-refractivity contribution < 1.29 is 14.7 Å². The summed E-state index contributed by atoms with van der Waals surface area (Å²) in [5.41, 5.74) is 0. The van der Waals surface area contributed by atoms with Gasteiger partial charge in [0, 0.05) is 0 Å². The van der Waals surface area contributed by atoms with Gasteiger partial charge in [-0.1, -0.05) is 0 Å². The van der Waals surface area contributed by atoms with Gasteiger partial charge in [0.15, 0.2) is 0 Å². The minimum absolute atomic E-state index is 0.198. The van der Waals surface area contributed by atoms with Gasteiger partial charge in [0.25, 0.3) is 0 Å². The van der Waals surface area contributed by atoms with Gasteiger partial charge in [-0.25, -0.2) is 0 Å². The topological polar surface area (TPSA) is 60.7 Å². The molecule has 0 aromatic heterocycles. The third kappa shape index (κ3) is 6.99. The van der Waals surface area contributed by atoms with Crippen LogP contribution in [0.15, 0.2) is 0 Å². The van der Waals surface area contributed by atoms with Crippen molar-refractivity contribution in [2.45, 2.75) is 39.5 Å². The summed E-state index contributed by atoms with van der Waals surface area (Å²) >= 11 is 0. The third-order valence-electron chi connectivity index (χ3n) is 2.11. The Morgan fingerprint density at radius 1 is 1.17 bits per heavy atom. The standard InChI is InChI=1S/C8H21O3P/c1-3-5-6-8(4-2)7-12(9,10)11/h8-12H,3-7H2,1-2H3. The molecule has 0 aromatic rings. The molecule has 3 N–H and O–H groups in total.